The summed E-state index contributed by atoms with van der Waals surface area (Å²) in [7, 11) is 1.73. The molecule has 9 rings (SSSR count). The van der Waals surface area contributed by atoms with Gasteiger partial charge in [-0.05, 0) is 86.7 Å². The first-order valence-electron chi connectivity index (χ1n) is 22.5. The number of imidazole rings is 1. The quantitative estimate of drug-likeness (QED) is 0.0982. The van der Waals surface area contributed by atoms with Gasteiger partial charge in [-0.3, -0.25) is 33.8 Å². The van der Waals surface area contributed by atoms with E-state index in [-0.39, 0.29) is 42.7 Å². The van der Waals surface area contributed by atoms with E-state index >= 15 is 0 Å². The van der Waals surface area contributed by atoms with Gasteiger partial charge < -0.3 is 19.9 Å². The van der Waals surface area contributed by atoms with Crippen LogP contribution in [0.4, 0.5) is 19.1 Å². The van der Waals surface area contributed by atoms with Crippen molar-refractivity contribution in [2.75, 3.05) is 57.7 Å². The van der Waals surface area contributed by atoms with Crippen molar-refractivity contribution >= 4 is 39.8 Å². The molecule has 4 fully saturated rings. The van der Waals surface area contributed by atoms with E-state index in [0.29, 0.717) is 31.0 Å². The summed E-state index contributed by atoms with van der Waals surface area (Å²) in [6.45, 7) is 8.00. The van der Waals surface area contributed by atoms with Gasteiger partial charge in [0.2, 0.25) is 17.8 Å². The van der Waals surface area contributed by atoms with E-state index in [1.807, 2.05) is 12.1 Å². The van der Waals surface area contributed by atoms with E-state index in [2.05, 4.69) is 71.4 Å². The largest absolute Gasteiger partial charge is 0.393 e. The van der Waals surface area contributed by atoms with Gasteiger partial charge in [0.25, 0.3) is 0 Å². The number of carbonyl (C=O) groups is 2. The van der Waals surface area contributed by atoms with E-state index in [4.69, 9.17) is 4.98 Å². The molecule has 2 amide bonds. The number of likely N-dealkylation sites (tertiary alicyclic amines) is 1. The minimum atomic E-state index is -4.26. The van der Waals surface area contributed by atoms with E-state index in [9.17, 15) is 32.7 Å². The Morgan fingerprint density at radius 2 is 1.62 bits per heavy atom. The second kappa shape index (κ2) is 18.2. The number of piperazine rings is 1. The lowest BCUT2D eigenvalue weighted by Crippen LogP contribution is -2.62. The van der Waals surface area contributed by atoms with Gasteiger partial charge in [0, 0.05) is 101 Å². The molecule has 5 aromatic rings. The second-order valence-electron chi connectivity index (χ2n) is 18.0. The van der Waals surface area contributed by atoms with Crippen molar-refractivity contribution in [3.8, 4) is 11.1 Å². The number of aliphatic hydroxyl groups is 1. The Morgan fingerprint density at radius 3 is 2.35 bits per heavy atom. The van der Waals surface area contributed by atoms with Gasteiger partial charge in [-0.1, -0.05) is 30.3 Å². The van der Waals surface area contributed by atoms with Crippen LogP contribution in [0.2, 0.25) is 0 Å². The van der Waals surface area contributed by atoms with Crippen LogP contribution in [0.3, 0.4) is 0 Å². The van der Waals surface area contributed by atoms with Crippen molar-refractivity contribution in [3.05, 3.63) is 76.5 Å². The van der Waals surface area contributed by atoms with E-state index in [1.165, 1.54) is 15.7 Å². The zero-order valence-electron chi connectivity index (χ0n) is 35.8. The highest BCUT2D eigenvalue weighted by Crippen LogP contribution is 2.37. The van der Waals surface area contributed by atoms with Crippen molar-refractivity contribution < 1.29 is 27.9 Å². The highest BCUT2D eigenvalue weighted by molar-refractivity contribution is 6.00. The highest BCUT2D eigenvalue weighted by atomic mass is 19.4. The standard InChI is InChI=1S/C46H57F3N10O4/c1-54-40-24-30(7-14-38(40)59(45(54)63)39-15-16-41(61)52-43(39)62)4-2-3-19-56-27-34(28-56)57-22-20-55(21-23-57)26-31-5-8-32(9-6-31)37-29-58(33-10-12-35(60)13-11-33)42-36(37)25-51-44(53-42)50-18-17-46(47,48)49/h5-9,14,24-25,29,33-35,39,60H,2-4,10-13,15-23,26-28H2,1H3,(H,50,51,53)(H,52,61,62)/t33-,35-,39-/m0/s1. The van der Waals surface area contributed by atoms with E-state index < -0.39 is 24.5 Å². The summed E-state index contributed by atoms with van der Waals surface area (Å²) in [5.74, 6) is -0.540. The van der Waals surface area contributed by atoms with Gasteiger partial charge >= 0.3 is 11.9 Å². The van der Waals surface area contributed by atoms with Gasteiger partial charge in [-0.2, -0.15) is 18.2 Å². The number of benzene rings is 2. The number of hydrogen-bond donors (Lipinski definition) is 3. The molecule has 63 heavy (non-hydrogen) atoms. The summed E-state index contributed by atoms with van der Waals surface area (Å²) in [5.41, 5.74) is 6.40. The van der Waals surface area contributed by atoms with Crippen LogP contribution in [0.5, 0.6) is 0 Å². The van der Waals surface area contributed by atoms with Crippen LogP contribution >= 0.6 is 0 Å². The van der Waals surface area contributed by atoms with Crippen LogP contribution in [0.25, 0.3) is 33.2 Å². The summed E-state index contributed by atoms with van der Waals surface area (Å²) in [6, 6.07) is 14.7. The third-order valence-corrected chi connectivity index (χ3v) is 13.7. The van der Waals surface area contributed by atoms with E-state index in [1.54, 1.807) is 17.8 Å². The fraction of sp³-hybridized carbons (Fsp3) is 0.543. The third kappa shape index (κ3) is 9.57. The van der Waals surface area contributed by atoms with Crippen LogP contribution in [0.15, 0.2) is 59.7 Å². The number of aromatic nitrogens is 5. The van der Waals surface area contributed by atoms with Crippen molar-refractivity contribution in [1.82, 2.24) is 43.7 Å². The molecular weight excluding hydrogens is 814 g/mol. The number of aliphatic hydroxyl groups excluding tert-OH is 1. The molecule has 6 heterocycles. The van der Waals surface area contributed by atoms with Gasteiger partial charge in [-0.15, -0.1) is 0 Å². The van der Waals surface area contributed by atoms with Gasteiger partial charge in [0.15, 0.2) is 0 Å². The smallest absolute Gasteiger partial charge is 0.390 e. The van der Waals surface area contributed by atoms with Crippen molar-refractivity contribution in [2.45, 2.75) is 101 Å². The predicted octanol–water partition coefficient (Wildman–Crippen LogP) is 5.39. The molecule has 17 heteroatoms. The number of alkyl halides is 3. The number of aryl methyl sites for hydroxylation is 2. The summed E-state index contributed by atoms with van der Waals surface area (Å²) in [4.78, 5) is 54.1. The summed E-state index contributed by atoms with van der Waals surface area (Å²) >= 11 is 0. The molecule has 3 aromatic heterocycles. The average Bonchev–Trinajstić information content (AvgIpc) is 3.74. The lowest BCUT2D eigenvalue weighted by molar-refractivity contribution is -0.136. The lowest BCUT2D eigenvalue weighted by atomic mass is 9.93. The van der Waals surface area contributed by atoms with Gasteiger partial charge in [-0.25, -0.2) is 9.78 Å². The van der Waals surface area contributed by atoms with Crippen molar-refractivity contribution in [1.29, 1.82) is 0 Å². The van der Waals surface area contributed by atoms with Gasteiger partial charge in [0.05, 0.1) is 23.6 Å². The Morgan fingerprint density at radius 1 is 0.873 bits per heavy atom. The molecule has 3 aliphatic heterocycles. The van der Waals surface area contributed by atoms with Crippen molar-refractivity contribution in [3.63, 3.8) is 0 Å². The molecule has 0 radical (unpaired) electrons. The molecule has 2 aromatic carbocycles. The highest BCUT2D eigenvalue weighted by Gasteiger charge is 2.34. The number of nitrogens with zero attached hydrogens (tertiary/aromatic N) is 8. The van der Waals surface area contributed by atoms with Crippen LogP contribution in [0.1, 0.15) is 81.0 Å². The summed E-state index contributed by atoms with van der Waals surface area (Å²) in [5, 5.41) is 16.1. The Hall–Kier alpha value is -5.10. The first kappa shape index (κ1) is 43.2. The molecule has 336 valence electrons. The molecule has 14 nitrogen and oxygen atoms in total. The van der Waals surface area contributed by atoms with Crippen molar-refractivity contribution in [2.24, 2.45) is 7.05 Å². The van der Waals surface area contributed by atoms with Crippen LogP contribution < -0.4 is 16.3 Å². The fourth-order valence-corrected chi connectivity index (χ4v) is 10.0. The first-order valence-corrected chi connectivity index (χ1v) is 22.5. The topological polar surface area (TPSA) is 146 Å². The number of halogens is 3. The number of unbranched alkanes of at least 4 members (excludes halogenated alkanes) is 1. The molecule has 0 bridgehead atoms. The summed E-state index contributed by atoms with van der Waals surface area (Å²) in [6.07, 6.45) is 4.89. The number of rotatable bonds is 14. The molecule has 3 saturated heterocycles. The molecule has 3 N–H and O–H groups in total. The average molecular weight is 871 g/mol. The molecule has 0 spiro atoms. The first-order chi connectivity index (χ1) is 30.4. The number of imide groups is 1. The maximum Gasteiger partial charge on any atom is 0.390 e. The zero-order valence-corrected chi connectivity index (χ0v) is 35.8. The monoisotopic (exact) mass is 870 g/mol. The number of fused-ring (bicyclic) bond motifs is 2. The number of hydrogen-bond acceptors (Lipinski definition) is 10. The Bertz CT molecular complexity index is 2490. The third-order valence-electron chi connectivity index (χ3n) is 13.7. The molecule has 1 aliphatic carbocycles. The second-order valence-corrected chi connectivity index (χ2v) is 18.0. The number of piperidine rings is 1. The Labute approximate surface area is 364 Å². The SMILES string of the molecule is Cn1c(=O)n([C@H]2CCC(=O)NC2=O)c2ccc(CCCCN3CC(N4CCN(Cc5ccc(-c6cn([C@H]7CC[C@H](O)CC7)c7nc(NCCC(F)(F)F)ncc67)cc5)CC4)C3)cc21. The number of nitrogens with one attached hydrogen (secondary N) is 2. The number of amides is 2. The molecule has 4 aliphatic rings. The lowest BCUT2D eigenvalue weighted by Gasteiger charge is -2.48. The van der Waals surface area contributed by atoms with E-state index in [0.717, 1.165) is 112 Å². The maximum atomic E-state index is 13.1. The Balaban J connectivity index is 0.729. The maximum absolute atomic E-state index is 13.1. The molecule has 1 atom stereocenters. The number of anilines is 1. The predicted molar refractivity (Wildman–Crippen MR) is 234 cm³/mol. The van der Waals surface area contributed by atoms with Crippen LogP contribution in [0, 0.1) is 0 Å². The molecule has 1 saturated carbocycles. The summed E-state index contributed by atoms with van der Waals surface area (Å²) < 4.78 is 43.7. The fourth-order valence-electron chi connectivity index (χ4n) is 10.0. The minimum absolute atomic E-state index is 0.138. The van der Waals surface area contributed by atoms with Crippen LogP contribution in [-0.2, 0) is 29.6 Å². The Kier molecular flexibility index (Phi) is 12.5. The minimum Gasteiger partial charge on any atom is -0.393 e. The number of carbonyl (C=O) groups excluding carboxylic acids is 2. The zero-order chi connectivity index (χ0) is 43.8. The molecular formula is C46H57F3N10O4. The van der Waals surface area contributed by atoms with Gasteiger partial charge in [0.1, 0.15) is 11.7 Å². The van der Waals surface area contributed by atoms with Crippen LogP contribution in [-0.4, -0.2) is 126 Å². The molecule has 0 unspecified atom stereocenters. The normalized spacial score (nSPS) is 22.2.